The normalized spacial score (nSPS) is 11.9. The molecule has 0 aromatic heterocycles. The number of rotatable bonds is 7. The molecule has 0 heterocycles. The number of nitrogens with zero attached hydrogens (tertiary/aromatic N) is 1. The lowest BCUT2D eigenvalue weighted by Gasteiger charge is -2.23. The molecule has 4 heteroatoms. The highest BCUT2D eigenvalue weighted by Crippen LogP contribution is 2.22. The molecule has 0 saturated heterocycles. The maximum absolute atomic E-state index is 13.2. The summed E-state index contributed by atoms with van der Waals surface area (Å²) in [5.74, 6) is -0.0130. The number of hydrogen-bond acceptors (Lipinski definition) is 3. The van der Waals surface area contributed by atoms with Crippen LogP contribution in [0.2, 0.25) is 0 Å². The summed E-state index contributed by atoms with van der Waals surface area (Å²) >= 11 is 0. The summed E-state index contributed by atoms with van der Waals surface area (Å²) in [6, 6.07) is 14.8. The first-order chi connectivity index (χ1) is 13.6. The molecule has 0 fully saturated rings. The topological polar surface area (TPSA) is 46.6 Å². The first-order valence-electron chi connectivity index (χ1n) is 9.97. The number of hydrogen-bond donors (Lipinski definition) is 0. The lowest BCUT2D eigenvalue weighted by atomic mass is 10.0. The molecule has 0 spiro atoms. The fraction of sp³-hybridized carbons (Fsp3) is 0.360. The van der Waals surface area contributed by atoms with Crippen molar-refractivity contribution >= 4 is 17.8 Å². The zero-order chi connectivity index (χ0) is 21.6. The number of allylic oxidation sites excluding steroid dienone is 1. The number of aryl methyl sites for hydroxylation is 1. The van der Waals surface area contributed by atoms with Gasteiger partial charge in [-0.25, -0.2) is 0 Å². The average Bonchev–Trinajstić information content (AvgIpc) is 2.66. The van der Waals surface area contributed by atoms with E-state index in [2.05, 4.69) is 19.1 Å². The summed E-state index contributed by atoms with van der Waals surface area (Å²) in [6.07, 6.45) is 3.85. The number of ether oxygens (including phenoxy) is 1. The quantitative estimate of drug-likeness (QED) is 0.360. The molecule has 0 unspecified atom stereocenters. The van der Waals surface area contributed by atoms with Crippen molar-refractivity contribution < 1.29 is 14.3 Å². The molecule has 0 atom stereocenters. The van der Waals surface area contributed by atoms with Crippen molar-refractivity contribution in [1.29, 1.82) is 0 Å². The fourth-order valence-corrected chi connectivity index (χ4v) is 2.91. The van der Waals surface area contributed by atoms with E-state index in [1.807, 2.05) is 32.9 Å². The second-order valence-electron chi connectivity index (χ2n) is 8.32. The van der Waals surface area contributed by atoms with Crippen LogP contribution in [0.1, 0.15) is 66.0 Å². The standard InChI is InChI=1S/C25H31NO3/c1-7-9-18-10-8-11-19(16-18)17-22(29-25(2,3)4)23(27)20-12-14-21(15-13-20)24(28)26(5)6/h8,10-17H,7,9H2,1-6H3. The smallest absolute Gasteiger partial charge is 0.253 e. The fourth-order valence-electron chi connectivity index (χ4n) is 2.91. The summed E-state index contributed by atoms with van der Waals surface area (Å²) in [4.78, 5) is 26.8. The lowest BCUT2D eigenvalue weighted by molar-refractivity contribution is 0.0449. The van der Waals surface area contributed by atoms with Gasteiger partial charge in [0.2, 0.25) is 5.78 Å². The van der Waals surface area contributed by atoms with Crippen LogP contribution in [0.25, 0.3) is 6.08 Å². The molecule has 1 amide bonds. The second kappa shape index (κ2) is 9.55. The largest absolute Gasteiger partial charge is 0.484 e. The van der Waals surface area contributed by atoms with E-state index in [0.717, 1.165) is 18.4 Å². The zero-order valence-electron chi connectivity index (χ0n) is 18.3. The van der Waals surface area contributed by atoms with Crippen molar-refractivity contribution in [1.82, 2.24) is 4.90 Å². The molecule has 0 aliphatic carbocycles. The monoisotopic (exact) mass is 393 g/mol. The molecule has 2 aromatic carbocycles. The van der Waals surface area contributed by atoms with Gasteiger partial charge in [0.05, 0.1) is 0 Å². The van der Waals surface area contributed by atoms with Crippen LogP contribution in [0.15, 0.2) is 54.3 Å². The number of benzene rings is 2. The average molecular weight is 394 g/mol. The van der Waals surface area contributed by atoms with Gasteiger partial charge in [-0.15, -0.1) is 0 Å². The van der Waals surface area contributed by atoms with E-state index < -0.39 is 5.60 Å². The minimum Gasteiger partial charge on any atom is -0.484 e. The number of ketones is 1. The van der Waals surface area contributed by atoms with Gasteiger partial charge in [-0.3, -0.25) is 9.59 Å². The molecular formula is C25H31NO3. The van der Waals surface area contributed by atoms with Gasteiger partial charge in [0.25, 0.3) is 5.91 Å². The molecule has 29 heavy (non-hydrogen) atoms. The van der Waals surface area contributed by atoms with Crippen LogP contribution < -0.4 is 0 Å². The van der Waals surface area contributed by atoms with Gasteiger partial charge in [0, 0.05) is 25.2 Å². The third-order valence-corrected chi connectivity index (χ3v) is 4.23. The molecule has 0 bridgehead atoms. The number of amides is 1. The van der Waals surface area contributed by atoms with Crippen molar-refractivity contribution in [3.8, 4) is 0 Å². The highest BCUT2D eigenvalue weighted by atomic mass is 16.5. The molecule has 0 aliphatic rings. The Bertz CT molecular complexity index is 887. The Labute approximate surface area is 174 Å². The maximum Gasteiger partial charge on any atom is 0.253 e. The molecular weight excluding hydrogens is 362 g/mol. The summed E-state index contributed by atoms with van der Waals surface area (Å²) in [5, 5.41) is 0. The Kier molecular flexibility index (Phi) is 7.38. The lowest BCUT2D eigenvalue weighted by Crippen LogP contribution is -2.23. The summed E-state index contributed by atoms with van der Waals surface area (Å²) in [5.41, 5.74) is 2.68. The van der Waals surface area contributed by atoms with Crippen molar-refractivity contribution in [2.75, 3.05) is 14.1 Å². The molecule has 0 radical (unpaired) electrons. The third-order valence-electron chi connectivity index (χ3n) is 4.23. The van der Waals surface area contributed by atoms with Crippen LogP contribution in [0.5, 0.6) is 0 Å². The van der Waals surface area contributed by atoms with Gasteiger partial charge in [-0.05, 0) is 56.5 Å². The van der Waals surface area contributed by atoms with Gasteiger partial charge in [-0.2, -0.15) is 0 Å². The molecule has 0 saturated carbocycles. The van der Waals surface area contributed by atoms with E-state index in [9.17, 15) is 9.59 Å². The maximum atomic E-state index is 13.2. The SMILES string of the molecule is CCCc1cccc(C=C(OC(C)(C)C)C(=O)c2ccc(C(=O)N(C)C)cc2)c1. The molecule has 2 rings (SSSR count). The van der Waals surface area contributed by atoms with Gasteiger partial charge >= 0.3 is 0 Å². The van der Waals surface area contributed by atoms with Crippen molar-refractivity contribution in [3.05, 3.63) is 76.5 Å². The van der Waals surface area contributed by atoms with Crippen LogP contribution >= 0.6 is 0 Å². The highest BCUT2D eigenvalue weighted by molar-refractivity contribution is 6.10. The van der Waals surface area contributed by atoms with Crippen molar-refractivity contribution in [2.45, 2.75) is 46.1 Å². The highest BCUT2D eigenvalue weighted by Gasteiger charge is 2.21. The first kappa shape index (κ1) is 22.4. The number of Topliss-reactive ketones (excluding diaryl/α,β-unsaturated/α-hetero) is 1. The zero-order valence-corrected chi connectivity index (χ0v) is 18.3. The van der Waals surface area contributed by atoms with Crippen molar-refractivity contribution in [2.24, 2.45) is 0 Å². The Morgan fingerprint density at radius 3 is 2.17 bits per heavy atom. The minimum absolute atomic E-state index is 0.0987. The van der Waals surface area contributed by atoms with Gasteiger partial charge in [-0.1, -0.05) is 49.7 Å². The van der Waals surface area contributed by atoms with E-state index in [0.29, 0.717) is 11.1 Å². The van der Waals surface area contributed by atoms with Crippen LogP contribution in [0.4, 0.5) is 0 Å². The Morgan fingerprint density at radius 1 is 1.00 bits per heavy atom. The molecule has 0 N–H and O–H groups in total. The predicted octanol–water partition coefficient (Wildman–Crippen LogP) is 5.38. The molecule has 154 valence electrons. The second-order valence-corrected chi connectivity index (χ2v) is 8.32. The molecule has 4 nitrogen and oxygen atoms in total. The van der Waals surface area contributed by atoms with Crippen LogP contribution in [0.3, 0.4) is 0 Å². The Morgan fingerprint density at radius 2 is 1.62 bits per heavy atom. The van der Waals surface area contributed by atoms with Crippen LogP contribution in [-0.2, 0) is 11.2 Å². The van der Waals surface area contributed by atoms with E-state index in [1.54, 1.807) is 44.4 Å². The summed E-state index contributed by atoms with van der Waals surface area (Å²) in [6.45, 7) is 7.90. The van der Waals surface area contributed by atoms with Gasteiger partial charge in [0.15, 0.2) is 5.76 Å². The Hall–Kier alpha value is -2.88. The minimum atomic E-state index is -0.511. The van der Waals surface area contributed by atoms with E-state index in [-0.39, 0.29) is 17.4 Å². The molecule has 2 aromatic rings. The first-order valence-corrected chi connectivity index (χ1v) is 9.97. The van der Waals surface area contributed by atoms with Crippen LogP contribution in [-0.4, -0.2) is 36.3 Å². The van der Waals surface area contributed by atoms with Gasteiger partial charge in [0.1, 0.15) is 5.60 Å². The summed E-state index contributed by atoms with van der Waals surface area (Å²) in [7, 11) is 3.40. The number of carbonyl (C=O) groups is 2. The van der Waals surface area contributed by atoms with Crippen LogP contribution in [0, 0.1) is 0 Å². The molecule has 0 aliphatic heterocycles. The third kappa shape index (κ3) is 6.60. The number of carbonyl (C=O) groups excluding carboxylic acids is 2. The van der Waals surface area contributed by atoms with Gasteiger partial charge < -0.3 is 9.64 Å². The van der Waals surface area contributed by atoms with E-state index >= 15 is 0 Å². The Balaban J connectivity index is 2.38. The van der Waals surface area contributed by atoms with E-state index in [4.69, 9.17) is 4.74 Å². The predicted molar refractivity (Wildman–Crippen MR) is 118 cm³/mol. The summed E-state index contributed by atoms with van der Waals surface area (Å²) < 4.78 is 6.01. The van der Waals surface area contributed by atoms with Crippen molar-refractivity contribution in [3.63, 3.8) is 0 Å². The van der Waals surface area contributed by atoms with E-state index in [1.165, 1.54) is 10.5 Å².